The van der Waals surface area contributed by atoms with E-state index in [4.69, 9.17) is 16.3 Å². The van der Waals surface area contributed by atoms with E-state index in [9.17, 15) is 18.0 Å². The molecular weight excluding hydrogens is 428 g/mol. The number of esters is 1. The van der Waals surface area contributed by atoms with Gasteiger partial charge in [0, 0.05) is 13.1 Å². The number of rotatable bonds is 9. The van der Waals surface area contributed by atoms with Crippen LogP contribution in [-0.4, -0.2) is 44.3 Å². The van der Waals surface area contributed by atoms with Gasteiger partial charge in [0.05, 0.1) is 21.5 Å². The number of nitrogens with one attached hydrogen (secondary N) is 1. The maximum atomic E-state index is 12.7. The van der Waals surface area contributed by atoms with Crippen LogP contribution < -0.4 is 5.32 Å². The number of hydrogen-bond acceptors (Lipinski definition) is 5. The number of nitrogens with zero attached hydrogens (tertiary/aromatic N) is 1. The Morgan fingerprint density at radius 1 is 1.10 bits per heavy atom. The number of sulfonamides is 1. The molecule has 0 fully saturated rings. The summed E-state index contributed by atoms with van der Waals surface area (Å²) < 4.78 is 31.7. The number of halogens is 1. The summed E-state index contributed by atoms with van der Waals surface area (Å²) in [6.07, 6.45) is 0. The Morgan fingerprint density at radius 3 is 2.33 bits per heavy atom. The average Bonchev–Trinajstić information content (AvgIpc) is 2.73. The van der Waals surface area contributed by atoms with Crippen LogP contribution in [0, 0.1) is 0 Å². The predicted molar refractivity (Wildman–Crippen MR) is 115 cm³/mol. The quantitative estimate of drug-likeness (QED) is 0.588. The number of benzene rings is 2. The molecule has 0 bridgehead atoms. The van der Waals surface area contributed by atoms with Gasteiger partial charge in [-0.3, -0.25) is 4.79 Å². The van der Waals surface area contributed by atoms with Crippen LogP contribution in [0.1, 0.15) is 42.7 Å². The van der Waals surface area contributed by atoms with E-state index in [-0.39, 0.29) is 21.5 Å². The molecule has 1 amide bonds. The Bertz CT molecular complexity index is 992. The van der Waals surface area contributed by atoms with E-state index in [2.05, 4.69) is 5.32 Å². The van der Waals surface area contributed by atoms with Gasteiger partial charge in [-0.1, -0.05) is 55.8 Å². The number of carbonyl (C=O) groups is 2. The minimum Gasteiger partial charge on any atom is -0.452 e. The van der Waals surface area contributed by atoms with Crippen molar-refractivity contribution in [1.82, 2.24) is 9.62 Å². The molecular formula is C21H25ClN2O5S. The largest absolute Gasteiger partial charge is 0.452 e. The fourth-order valence-electron chi connectivity index (χ4n) is 2.85. The maximum Gasteiger partial charge on any atom is 0.340 e. The number of hydrogen-bond donors (Lipinski definition) is 1. The van der Waals surface area contributed by atoms with Crippen LogP contribution in [0.25, 0.3) is 0 Å². The lowest BCUT2D eigenvalue weighted by Gasteiger charge is -2.19. The lowest BCUT2D eigenvalue weighted by atomic mass is 10.1. The molecule has 0 unspecified atom stereocenters. The summed E-state index contributed by atoms with van der Waals surface area (Å²) in [7, 11) is -3.76. The van der Waals surface area contributed by atoms with Crippen LogP contribution in [0.4, 0.5) is 0 Å². The topological polar surface area (TPSA) is 92.8 Å². The SMILES string of the molecule is CCN(CC)S(=O)(=O)c1ccc(Cl)c(C(=O)OCC(=O)N[C@H](C)c2ccccc2)c1. The molecule has 2 aromatic carbocycles. The van der Waals surface area contributed by atoms with Crippen molar-refractivity contribution in [3.8, 4) is 0 Å². The molecule has 0 heterocycles. The van der Waals surface area contributed by atoms with Gasteiger partial charge in [0.15, 0.2) is 6.61 Å². The highest BCUT2D eigenvalue weighted by atomic mass is 35.5. The molecule has 0 aromatic heterocycles. The van der Waals surface area contributed by atoms with Crippen LogP contribution in [0.2, 0.25) is 5.02 Å². The van der Waals surface area contributed by atoms with Crippen molar-refractivity contribution in [2.45, 2.75) is 31.7 Å². The predicted octanol–water partition coefficient (Wildman–Crippen LogP) is 3.40. The van der Waals surface area contributed by atoms with Gasteiger partial charge in [-0.15, -0.1) is 0 Å². The zero-order valence-electron chi connectivity index (χ0n) is 17.1. The zero-order chi connectivity index (χ0) is 22.3. The van der Waals surface area contributed by atoms with E-state index in [1.165, 1.54) is 22.5 Å². The third-order valence-corrected chi connectivity index (χ3v) is 6.89. The number of ether oxygens (including phenoxy) is 1. The summed E-state index contributed by atoms with van der Waals surface area (Å²) in [5.74, 6) is -1.36. The van der Waals surface area contributed by atoms with Crippen molar-refractivity contribution < 1.29 is 22.7 Å². The van der Waals surface area contributed by atoms with Crippen molar-refractivity contribution in [1.29, 1.82) is 0 Å². The lowest BCUT2D eigenvalue weighted by molar-refractivity contribution is -0.124. The Kier molecular flexibility index (Phi) is 8.40. The van der Waals surface area contributed by atoms with Gasteiger partial charge in [0.2, 0.25) is 10.0 Å². The van der Waals surface area contributed by atoms with E-state index < -0.39 is 28.5 Å². The van der Waals surface area contributed by atoms with Crippen LogP contribution in [-0.2, 0) is 19.6 Å². The molecule has 2 aromatic rings. The Morgan fingerprint density at radius 2 is 1.73 bits per heavy atom. The van der Waals surface area contributed by atoms with Crippen LogP contribution in [0.3, 0.4) is 0 Å². The normalized spacial score (nSPS) is 12.4. The Balaban J connectivity index is 2.07. The highest BCUT2D eigenvalue weighted by molar-refractivity contribution is 7.89. The Hall–Kier alpha value is -2.42. The van der Waals surface area contributed by atoms with Gasteiger partial charge in [0.25, 0.3) is 5.91 Å². The molecule has 2 rings (SSSR count). The molecule has 7 nitrogen and oxygen atoms in total. The van der Waals surface area contributed by atoms with Crippen molar-refractivity contribution >= 4 is 33.5 Å². The summed E-state index contributed by atoms with van der Waals surface area (Å²) in [6.45, 7) is 5.33. The first-order valence-electron chi connectivity index (χ1n) is 9.51. The molecule has 9 heteroatoms. The minimum atomic E-state index is -3.76. The third-order valence-electron chi connectivity index (χ3n) is 4.51. The summed E-state index contributed by atoms with van der Waals surface area (Å²) >= 11 is 6.06. The van der Waals surface area contributed by atoms with Crippen molar-refractivity contribution in [3.63, 3.8) is 0 Å². The van der Waals surface area contributed by atoms with Gasteiger partial charge in [-0.25, -0.2) is 13.2 Å². The Labute approximate surface area is 182 Å². The minimum absolute atomic E-state index is 0.0385. The highest BCUT2D eigenvalue weighted by Gasteiger charge is 2.24. The molecule has 0 aliphatic carbocycles. The summed E-state index contributed by atoms with van der Waals surface area (Å²) in [5.41, 5.74) is 0.795. The van der Waals surface area contributed by atoms with Crippen LogP contribution in [0.15, 0.2) is 53.4 Å². The second-order valence-corrected chi connectivity index (χ2v) is 8.85. The molecule has 0 radical (unpaired) electrons. The van der Waals surface area contributed by atoms with Gasteiger partial charge < -0.3 is 10.1 Å². The molecule has 162 valence electrons. The summed E-state index contributed by atoms with van der Waals surface area (Å²) in [4.78, 5) is 24.5. The van der Waals surface area contributed by atoms with E-state index >= 15 is 0 Å². The van der Waals surface area contributed by atoms with Crippen LogP contribution in [0.5, 0.6) is 0 Å². The van der Waals surface area contributed by atoms with Gasteiger partial charge >= 0.3 is 5.97 Å². The second-order valence-electron chi connectivity index (χ2n) is 6.51. The first kappa shape index (κ1) is 23.9. The standard InChI is InChI=1S/C21H25ClN2O5S/c1-4-24(5-2)30(27,28)17-11-12-19(22)18(13-17)21(26)29-14-20(25)23-15(3)16-9-7-6-8-10-16/h6-13,15H,4-5,14H2,1-3H3,(H,23,25)/t15-/m1/s1. The molecule has 0 aliphatic heterocycles. The monoisotopic (exact) mass is 452 g/mol. The van der Waals surface area contributed by atoms with Crippen LogP contribution >= 0.6 is 11.6 Å². The zero-order valence-corrected chi connectivity index (χ0v) is 18.7. The third kappa shape index (κ3) is 5.81. The molecule has 0 spiro atoms. The highest BCUT2D eigenvalue weighted by Crippen LogP contribution is 2.23. The molecule has 0 saturated heterocycles. The fraction of sp³-hybridized carbons (Fsp3) is 0.333. The smallest absolute Gasteiger partial charge is 0.340 e. The average molecular weight is 453 g/mol. The number of carbonyl (C=O) groups excluding carboxylic acids is 2. The molecule has 1 N–H and O–H groups in total. The number of amides is 1. The molecule has 1 atom stereocenters. The van der Waals surface area contributed by atoms with Crippen molar-refractivity contribution in [3.05, 3.63) is 64.7 Å². The van der Waals surface area contributed by atoms with Crippen molar-refractivity contribution in [2.24, 2.45) is 0 Å². The van der Waals surface area contributed by atoms with Crippen molar-refractivity contribution in [2.75, 3.05) is 19.7 Å². The molecule has 0 aliphatic rings. The first-order valence-corrected chi connectivity index (χ1v) is 11.3. The summed E-state index contributed by atoms with van der Waals surface area (Å²) in [5, 5.41) is 2.77. The van der Waals surface area contributed by atoms with E-state index in [0.717, 1.165) is 5.56 Å². The first-order chi connectivity index (χ1) is 14.2. The van der Waals surface area contributed by atoms with Gasteiger partial charge in [-0.05, 0) is 30.7 Å². The van der Waals surface area contributed by atoms with E-state index in [0.29, 0.717) is 13.1 Å². The van der Waals surface area contributed by atoms with E-state index in [1.807, 2.05) is 37.3 Å². The van der Waals surface area contributed by atoms with E-state index in [1.54, 1.807) is 13.8 Å². The second kappa shape index (κ2) is 10.6. The van der Waals surface area contributed by atoms with Gasteiger partial charge in [-0.2, -0.15) is 4.31 Å². The molecule has 30 heavy (non-hydrogen) atoms. The van der Waals surface area contributed by atoms with Gasteiger partial charge in [0.1, 0.15) is 0 Å². The summed E-state index contributed by atoms with van der Waals surface area (Å²) in [6, 6.07) is 12.9. The molecule has 0 saturated carbocycles. The lowest BCUT2D eigenvalue weighted by Crippen LogP contribution is -2.31. The fourth-order valence-corrected chi connectivity index (χ4v) is 4.53. The maximum absolute atomic E-state index is 12.7.